The molecule has 0 bridgehead atoms. The van der Waals surface area contributed by atoms with Crippen LogP contribution in [0.15, 0.2) is 94.5 Å². The molecule has 0 unspecified atom stereocenters. The lowest BCUT2D eigenvalue weighted by Gasteiger charge is -2.26. The molecule has 2 aliphatic carbocycles. The molecule has 0 saturated heterocycles. The molecular formula is C40H33N3O10. The summed E-state index contributed by atoms with van der Waals surface area (Å²) < 4.78 is 3.01. The minimum absolute atomic E-state index is 0.114. The molecule has 2 heterocycles. The fourth-order valence-corrected chi connectivity index (χ4v) is 6.55. The summed E-state index contributed by atoms with van der Waals surface area (Å²) in [5.41, 5.74) is 5.39. The zero-order valence-electron chi connectivity index (χ0n) is 29.2. The van der Waals surface area contributed by atoms with E-state index in [0.29, 0.717) is 66.3 Å². The Bertz CT molecular complexity index is 2460. The van der Waals surface area contributed by atoms with Crippen molar-refractivity contribution in [1.29, 1.82) is 0 Å². The lowest BCUT2D eigenvalue weighted by atomic mass is 9.82. The molecule has 0 amide bonds. The number of pyridine rings is 2. The van der Waals surface area contributed by atoms with Crippen LogP contribution in [-0.4, -0.2) is 53.9 Å². The number of hydrogen-bond donors (Lipinski definition) is 4. The van der Waals surface area contributed by atoms with Crippen molar-refractivity contribution >= 4 is 62.7 Å². The van der Waals surface area contributed by atoms with Crippen LogP contribution in [0.3, 0.4) is 0 Å². The standard InChI is InChI=1S/C34H21N3O4.3C2H4O2/c1-36-23-15-7-13-21-25(23)27(17-9-3-5-11-19(17)31(21)38)29(33(36)40)35-30-28-18-10-4-6-12-20(18)32(39)22-14-8-16-24(26(22)28)37(2)34(30)41;3*1-2(3)4/h3-16,35H,1-2H3;3*1H3,(H,3,4). The molecule has 53 heavy (non-hydrogen) atoms. The summed E-state index contributed by atoms with van der Waals surface area (Å²) in [5, 5.41) is 26.9. The molecule has 0 saturated carbocycles. The number of nitrogens with zero attached hydrogens (tertiary/aromatic N) is 2. The molecule has 0 atom stereocenters. The van der Waals surface area contributed by atoms with E-state index < -0.39 is 17.9 Å². The number of aryl methyl sites for hydroxylation is 2. The van der Waals surface area contributed by atoms with Gasteiger partial charge in [-0.3, -0.25) is 33.6 Å². The van der Waals surface area contributed by atoms with Crippen molar-refractivity contribution in [2.75, 3.05) is 5.32 Å². The molecule has 268 valence electrons. The number of nitrogens with one attached hydrogen (secondary N) is 1. The maximum absolute atomic E-state index is 14.1. The topological polar surface area (TPSA) is 202 Å². The first-order valence-corrected chi connectivity index (χ1v) is 16.0. The number of benzene rings is 4. The third-order valence-electron chi connectivity index (χ3n) is 8.47. The number of rotatable bonds is 2. The molecule has 4 aromatic carbocycles. The van der Waals surface area contributed by atoms with Gasteiger partial charge in [-0.15, -0.1) is 0 Å². The Hall–Kier alpha value is -7.15. The minimum atomic E-state index is -0.833. The van der Waals surface area contributed by atoms with E-state index in [4.69, 9.17) is 29.7 Å². The van der Waals surface area contributed by atoms with E-state index in [0.717, 1.165) is 20.8 Å². The number of hydrogen-bond acceptors (Lipinski definition) is 8. The van der Waals surface area contributed by atoms with Crippen molar-refractivity contribution in [2.45, 2.75) is 20.8 Å². The Morgan fingerprint density at radius 3 is 1.08 bits per heavy atom. The van der Waals surface area contributed by atoms with Gasteiger partial charge < -0.3 is 29.8 Å². The van der Waals surface area contributed by atoms with Crippen LogP contribution in [0.4, 0.5) is 11.4 Å². The normalized spacial score (nSPS) is 11.4. The number of aliphatic carboxylic acids is 3. The molecule has 0 aliphatic heterocycles. The van der Waals surface area contributed by atoms with Crippen LogP contribution in [0.1, 0.15) is 52.6 Å². The van der Waals surface area contributed by atoms with Gasteiger partial charge in [-0.2, -0.15) is 0 Å². The summed E-state index contributed by atoms with van der Waals surface area (Å²) in [6.07, 6.45) is 0. The molecule has 0 radical (unpaired) electrons. The third kappa shape index (κ3) is 6.70. The highest BCUT2D eigenvalue weighted by molar-refractivity contribution is 6.28. The van der Waals surface area contributed by atoms with Gasteiger partial charge in [-0.05, 0) is 23.3 Å². The van der Waals surface area contributed by atoms with Gasteiger partial charge in [-0.1, -0.05) is 72.8 Å². The highest BCUT2D eigenvalue weighted by atomic mass is 16.4. The monoisotopic (exact) mass is 715 g/mol. The van der Waals surface area contributed by atoms with E-state index in [1.807, 2.05) is 36.4 Å². The van der Waals surface area contributed by atoms with Crippen LogP contribution in [-0.2, 0) is 28.5 Å². The van der Waals surface area contributed by atoms with Gasteiger partial charge in [0, 0.05) is 79.0 Å². The first-order chi connectivity index (χ1) is 25.1. The Morgan fingerprint density at radius 1 is 0.472 bits per heavy atom. The highest BCUT2D eigenvalue weighted by Gasteiger charge is 2.33. The van der Waals surface area contributed by atoms with E-state index in [1.54, 1.807) is 62.6 Å². The number of anilines is 2. The lowest BCUT2D eigenvalue weighted by Crippen LogP contribution is -2.28. The van der Waals surface area contributed by atoms with Crippen LogP contribution in [0.2, 0.25) is 0 Å². The van der Waals surface area contributed by atoms with Crippen LogP contribution in [0.25, 0.3) is 44.1 Å². The lowest BCUT2D eigenvalue weighted by molar-refractivity contribution is -0.135. The summed E-state index contributed by atoms with van der Waals surface area (Å²) in [4.78, 5) is 82.2. The van der Waals surface area contributed by atoms with Crippen molar-refractivity contribution in [3.63, 3.8) is 0 Å². The smallest absolute Gasteiger partial charge is 0.300 e. The molecule has 13 heteroatoms. The number of fused-ring (bicyclic) bond motifs is 4. The fourth-order valence-electron chi connectivity index (χ4n) is 6.55. The summed E-state index contributed by atoms with van der Waals surface area (Å²) >= 11 is 0. The van der Waals surface area contributed by atoms with Crippen LogP contribution >= 0.6 is 0 Å². The number of carboxylic acids is 3. The third-order valence-corrected chi connectivity index (χ3v) is 8.47. The Morgan fingerprint density at radius 2 is 0.755 bits per heavy atom. The quantitative estimate of drug-likeness (QED) is 0.168. The molecule has 0 spiro atoms. The van der Waals surface area contributed by atoms with Crippen molar-refractivity contribution in [1.82, 2.24) is 9.13 Å². The maximum atomic E-state index is 14.1. The summed E-state index contributed by atoms with van der Waals surface area (Å²) in [5.74, 6) is -2.73. The molecule has 6 aromatic rings. The first-order valence-electron chi connectivity index (χ1n) is 16.0. The van der Waals surface area contributed by atoms with Crippen LogP contribution in [0.5, 0.6) is 0 Å². The molecule has 2 aliphatic rings. The number of carbonyl (C=O) groups excluding carboxylic acids is 2. The van der Waals surface area contributed by atoms with Gasteiger partial charge in [0.1, 0.15) is 11.4 Å². The molecule has 0 fully saturated rings. The van der Waals surface area contributed by atoms with Gasteiger partial charge in [0.25, 0.3) is 29.0 Å². The Labute approximate surface area is 301 Å². The number of carbonyl (C=O) groups is 5. The zero-order valence-corrected chi connectivity index (χ0v) is 29.2. The largest absolute Gasteiger partial charge is 0.481 e. The first kappa shape index (κ1) is 37.1. The van der Waals surface area contributed by atoms with Crippen molar-refractivity contribution in [2.24, 2.45) is 14.1 Å². The predicted octanol–water partition coefficient (Wildman–Crippen LogP) is 5.83. The van der Waals surface area contributed by atoms with E-state index in [1.165, 1.54) is 9.13 Å². The van der Waals surface area contributed by atoms with Gasteiger partial charge in [0.2, 0.25) is 0 Å². The van der Waals surface area contributed by atoms with Crippen molar-refractivity contribution < 1.29 is 39.3 Å². The highest BCUT2D eigenvalue weighted by Crippen LogP contribution is 2.46. The average molecular weight is 716 g/mol. The second-order valence-electron chi connectivity index (χ2n) is 12.1. The average Bonchev–Trinajstić information content (AvgIpc) is 3.10. The van der Waals surface area contributed by atoms with E-state index in [-0.39, 0.29) is 34.1 Å². The van der Waals surface area contributed by atoms with E-state index >= 15 is 0 Å². The van der Waals surface area contributed by atoms with Crippen LogP contribution in [0, 0.1) is 0 Å². The molecule has 2 aromatic heterocycles. The van der Waals surface area contributed by atoms with Crippen molar-refractivity contribution in [3.05, 3.63) is 128 Å². The van der Waals surface area contributed by atoms with Crippen LogP contribution < -0.4 is 16.4 Å². The molecule has 8 rings (SSSR count). The predicted molar refractivity (Wildman–Crippen MR) is 199 cm³/mol. The molecule has 13 nitrogen and oxygen atoms in total. The van der Waals surface area contributed by atoms with E-state index in [9.17, 15) is 19.2 Å². The molecular weight excluding hydrogens is 682 g/mol. The van der Waals surface area contributed by atoms with Gasteiger partial charge in [-0.25, -0.2) is 0 Å². The molecule has 4 N–H and O–H groups in total. The van der Waals surface area contributed by atoms with E-state index in [2.05, 4.69) is 5.32 Å². The second kappa shape index (κ2) is 14.6. The summed E-state index contributed by atoms with van der Waals surface area (Å²) in [6.45, 7) is 3.25. The van der Waals surface area contributed by atoms with Gasteiger partial charge in [0.05, 0.1) is 11.0 Å². The number of ketones is 2. The van der Waals surface area contributed by atoms with Crippen molar-refractivity contribution in [3.8, 4) is 22.3 Å². The number of carboxylic acid groups (broad SMARTS) is 3. The van der Waals surface area contributed by atoms with Gasteiger partial charge in [0.15, 0.2) is 11.6 Å². The Balaban J connectivity index is 0.000000397. The Kier molecular flexibility index (Phi) is 10.2. The summed E-state index contributed by atoms with van der Waals surface area (Å²) in [7, 11) is 3.33. The zero-order chi connectivity index (χ0) is 38.9. The number of aromatic nitrogens is 2. The minimum Gasteiger partial charge on any atom is -0.481 e. The SMILES string of the molecule is CC(=O)O.CC(=O)O.CC(=O)O.Cn1c(=O)c(Nc2c3c4c(cccc4n(C)c2=O)C(=O)c2ccccc2-3)c2c3c(cccc31)C(=O)c1ccccc1-2. The summed E-state index contributed by atoms with van der Waals surface area (Å²) in [6, 6.07) is 25.2. The second-order valence-corrected chi connectivity index (χ2v) is 12.1. The fraction of sp³-hybridized carbons (Fsp3) is 0.125. The maximum Gasteiger partial charge on any atom is 0.300 e. The van der Waals surface area contributed by atoms with Gasteiger partial charge >= 0.3 is 0 Å².